The third kappa shape index (κ3) is 24.6. The molecule has 5 heteroatoms. The van der Waals surface area contributed by atoms with E-state index >= 15 is 0 Å². The minimum atomic E-state index is 0.0648. The Bertz CT molecular complexity index is 498. The number of hydrogen-bond acceptors (Lipinski definition) is 3. The molecule has 2 heterocycles. The van der Waals surface area contributed by atoms with Crippen LogP contribution in [0.15, 0.2) is 23.3 Å². The van der Waals surface area contributed by atoms with Gasteiger partial charge in [-0.1, -0.05) is 52.7 Å². The van der Waals surface area contributed by atoms with E-state index in [0.717, 1.165) is 39.0 Å². The molecule has 0 spiro atoms. The summed E-state index contributed by atoms with van der Waals surface area (Å²) in [7, 11) is 0. The van der Waals surface area contributed by atoms with Crippen LogP contribution in [-0.4, -0.2) is 44.3 Å². The van der Waals surface area contributed by atoms with Crippen LogP contribution in [0.4, 0.5) is 0 Å². The Morgan fingerprint density at radius 2 is 1.59 bits per heavy atom. The van der Waals surface area contributed by atoms with Crippen molar-refractivity contribution in [3.8, 4) is 0 Å². The fraction of sp³-hybridized carbons (Fsp3) is 0.750. The second-order valence-corrected chi connectivity index (χ2v) is 9.55. The monoisotopic (exact) mass is 752 g/mol. The molecular formula is C24H48N2OW2. The van der Waals surface area contributed by atoms with Gasteiger partial charge in [-0.15, -0.1) is 0 Å². The Morgan fingerprint density at radius 3 is 1.93 bits per heavy atom. The van der Waals surface area contributed by atoms with Crippen molar-refractivity contribution >= 4 is 8.11 Å². The van der Waals surface area contributed by atoms with Crippen molar-refractivity contribution in [3.63, 3.8) is 0 Å². The minimum absolute atomic E-state index is 0.0648. The number of hydrogen-bond donors (Lipinski definition) is 2. The topological polar surface area (TPSA) is 35.5 Å². The summed E-state index contributed by atoms with van der Waals surface area (Å²) in [6.45, 7) is 17.5. The Hall–Kier alpha value is 0.477. The summed E-state index contributed by atoms with van der Waals surface area (Å²) < 4.78 is 15.2. The normalized spacial score (nSPS) is 16.1. The molecule has 2 aliphatic heterocycles. The Balaban J connectivity index is -0.000000379. The molecule has 0 fully saturated rings. The van der Waals surface area contributed by atoms with E-state index in [1.165, 1.54) is 68.4 Å². The van der Waals surface area contributed by atoms with Gasteiger partial charge in [-0.2, -0.15) is 0 Å². The van der Waals surface area contributed by atoms with Crippen molar-refractivity contribution in [1.29, 1.82) is 0 Å². The third-order valence-corrected chi connectivity index (χ3v) is 4.88. The third-order valence-electron chi connectivity index (χ3n) is 3.96. The molecule has 2 rings (SSSR count). The first-order chi connectivity index (χ1) is 15.0. The molecule has 0 aromatic rings. The van der Waals surface area contributed by atoms with E-state index in [-0.39, 0.29) is 11.0 Å². The van der Waals surface area contributed by atoms with Gasteiger partial charge in [0.05, 0.1) is 0 Å². The van der Waals surface area contributed by atoms with Gasteiger partial charge in [0, 0.05) is 6.54 Å². The second kappa shape index (κ2) is 26.5. The first-order valence-corrected chi connectivity index (χ1v) is 14.1. The van der Waals surface area contributed by atoms with Crippen LogP contribution in [-0.2, 0) is 38.7 Å². The summed E-state index contributed by atoms with van der Waals surface area (Å²) in [5.41, 5.74) is 3.27. The fourth-order valence-electron chi connectivity index (χ4n) is 2.70. The van der Waals surface area contributed by atoms with Crippen LogP contribution >= 0.6 is 0 Å². The molecule has 0 aromatic heterocycles. The molecule has 0 atom stereocenters. The molecule has 2 aliphatic rings. The Kier molecular flexibility index (Phi) is 26.9. The van der Waals surface area contributed by atoms with Crippen LogP contribution < -0.4 is 5.32 Å². The zero-order valence-electron chi connectivity index (χ0n) is 21.9. The molecule has 0 saturated carbocycles. The Morgan fingerprint density at radius 1 is 1.03 bits per heavy atom. The van der Waals surface area contributed by atoms with Gasteiger partial charge in [-0.25, -0.2) is 0 Å². The van der Waals surface area contributed by atoms with Crippen LogP contribution in [0.1, 0.15) is 96.6 Å². The maximum absolute atomic E-state index is 8.13. The molecule has 29 heavy (non-hydrogen) atoms. The van der Waals surface area contributed by atoms with Gasteiger partial charge in [0.15, 0.2) is 0 Å². The standard InChI is InChI=1S/C10H17N.C8H15N.C2H4O.2C2H6.2W/c1-3-5-10-6-8-11(4-2)9-7-10;1-2-3-8-4-6-9-7-5-8;1-2-3;2*1-2;;/h6H,3,5,7-9H2,1-2H3;4,9H,2-3,5-7H2,1H3;3H,1H3;2*1-2H3;;/i2T;;1T;;;;. The van der Waals surface area contributed by atoms with Gasteiger partial charge in [0.1, 0.15) is 0 Å². The molecule has 172 valence electrons. The van der Waals surface area contributed by atoms with E-state index in [9.17, 15) is 0 Å². The first kappa shape index (κ1) is 29.5. The van der Waals surface area contributed by atoms with E-state index in [4.69, 9.17) is 7.85 Å². The van der Waals surface area contributed by atoms with Crippen molar-refractivity contribution in [2.75, 3.05) is 26.2 Å². The molecule has 0 unspecified atom stereocenters. The van der Waals surface area contributed by atoms with E-state index in [0.29, 0.717) is 6.90 Å². The molecular weight excluding hydrogens is 700 g/mol. The zero-order chi connectivity index (χ0) is 24.5. The molecule has 0 amide bonds. The number of aliphatic hydroxyl groups is 1. The predicted octanol–water partition coefficient (Wildman–Crippen LogP) is 5.93. The zero-order valence-corrected chi connectivity index (χ0v) is 25.7. The summed E-state index contributed by atoms with van der Waals surface area (Å²) in [6.07, 6.45) is 12.3. The second-order valence-electron chi connectivity index (χ2n) is 6.16. The summed E-state index contributed by atoms with van der Waals surface area (Å²) in [4.78, 5) is 2.35. The molecule has 0 aliphatic carbocycles. The van der Waals surface area contributed by atoms with E-state index in [1.54, 1.807) is 11.1 Å². The average molecular weight is 752 g/mol. The van der Waals surface area contributed by atoms with E-state index in [2.05, 4.69) is 36.2 Å². The number of nitrogens with one attached hydrogen (secondary N) is 1. The SMILES string of the molecule is CC.CC.CCCC1=CCNCC1.[3H]C[C](=[W])N1CC=C(CCC)CC1.[3H]C[C](O)=[W]. The maximum atomic E-state index is 8.13. The van der Waals surface area contributed by atoms with Gasteiger partial charge in [-0.05, 0) is 19.4 Å². The van der Waals surface area contributed by atoms with Crippen molar-refractivity contribution in [3.05, 3.63) is 23.3 Å². The van der Waals surface area contributed by atoms with Crippen LogP contribution in [0.3, 0.4) is 0 Å². The van der Waals surface area contributed by atoms with Gasteiger partial charge < -0.3 is 5.32 Å². The molecule has 0 saturated heterocycles. The van der Waals surface area contributed by atoms with Crippen molar-refractivity contribution in [2.45, 2.75) is 93.9 Å². The number of nitrogens with zero attached hydrogens (tertiary/aromatic N) is 1. The van der Waals surface area contributed by atoms with Crippen molar-refractivity contribution in [1.82, 2.24) is 10.2 Å². The van der Waals surface area contributed by atoms with Crippen LogP contribution in [0.5, 0.6) is 0 Å². The van der Waals surface area contributed by atoms with E-state index < -0.39 is 0 Å². The molecule has 0 radical (unpaired) electrons. The molecule has 0 aromatic carbocycles. The van der Waals surface area contributed by atoms with Gasteiger partial charge >= 0.3 is 124 Å². The summed E-state index contributed by atoms with van der Waals surface area (Å²) in [5.74, 6) is 0. The average Bonchev–Trinajstić information content (AvgIpc) is 2.83. The predicted molar refractivity (Wildman–Crippen MR) is 126 cm³/mol. The molecule has 2 N–H and O–H groups in total. The van der Waals surface area contributed by atoms with Crippen molar-refractivity contribution in [2.24, 2.45) is 0 Å². The number of rotatable bonds is 5. The summed E-state index contributed by atoms with van der Waals surface area (Å²) in [6, 6.07) is 0. The van der Waals surface area contributed by atoms with Crippen LogP contribution in [0, 0.1) is 0 Å². The fourth-order valence-corrected chi connectivity index (χ4v) is 3.30. The van der Waals surface area contributed by atoms with Gasteiger partial charge in [0.25, 0.3) is 0 Å². The van der Waals surface area contributed by atoms with E-state index in [1.807, 2.05) is 27.7 Å². The molecule has 3 nitrogen and oxygen atoms in total. The Labute approximate surface area is 207 Å². The summed E-state index contributed by atoms with van der Waals surface area (Å²) >= 11 is 2.45. The first-order valence-electron chi connectivity index (χ1n) is 12.5. The van der Waals surface area contributed by atoms with Crippen LogP contribution in [0.2, 0.25) is 0 Å². The van der Waals surface area contributed by atoms with Gasteiger partial charge in [-0.3, -0.25) is 0 Å². The molecule has 0 bridgehead atoms. The van der Waals surface area contributed by atoms with Crippen LogP contribution in [0.25, 0.3) is 0 Å². The van der Waals surface area contributed by atoms with Crippen molar-refractivity contribution < 1.29 is 46.6 Å². The van der Waals surface area contributed by atoms with Gasteiger partial charge in [0.2, 0.25) is 0 Å². The quantitative estimate of drug-likeness (QED) is 0.343. The number of aliphatic hydroxyl groups excluding tert-OH is 1. The summed E-state index contributed by atoms with van der Waals surface area (Å²) in [5, 5.41) is 11.4.